The molecule has 0 spiro atoms. The molecule has 0 aliphatic heterocycles. The molecular weight excluding hydrogens is 252 g/mol. The molecule has 0 radical (unpaired) electrons. The van der Waals surface area contributed by atoms with Crippen molar-refractivity contribution in [2.45, 2.75) is 46.5 Å². The van der Waals surface area contributed by atoms with Crippen LogP contribution in [-0.4, -0.2) is 24.1 Å². The topological polar surface area (TPSA) is 62.7 Å². The van der Waals surface area contributed by atoms with Crippen LogP contribution in [0, 0.1) is 0 Å². The van der Waals surface area contributed by atoms with Gasteiger partial charge in [0, 0.05) is 11.6 Å². The molecule has 110 valence electrons. The van der Waals surface area contributed by atoms with Crippen molar-refractivity contribution in [1.82, 2.24) is 0 Å². The predicted molar refractivity (Wildman–Crippen MR) is 81.4 cm³/mol. The van der Waals surface area contributed by atoms with Crippen LogP contribution in [0.4, 0.5) is 0 Å². The van der Waals surface area contributed by atoms with Crippen LogP contribution in [0.15, 0.2) is 34.9 Å². The first-order chi connectivity index (χ1) is 9.51. The highest BCUT2D eigenvalue weighted by Gasteiger charge is 2.08. The quantitative estimate of drug-likeness (QED) is 0.169. The van der Waals surface area contributed by atoms with Gasteiger partial charge in [-0.1, -0.05) is 23.3 Å². The summed E-state index contributed by atoms with van der Waals surface area (Å²) in [6, 6.07) is 0. The number of hydrogen-bond acceptors (Lipinski definition) is 2. The Labute approximate surface area is 121 Å². The molecule has 4 heteroatoms. The van der Waals surface area contributed by atoms with Crippen molar-refractivity contribution < 1.29 is 14.3 Å². The second-order valence-corrected chi connectivity index (χ2v) is 4.86. The molecule has 0 bridgehead atoms. The highest BCUT2D eigenvalue weighted by atomic mass is 16.5. The van der Waals surface area contributed by atoms with Crippen molar-refractivity contribution in [1.29, 1.82) is 0 Å². The molecule has 0 rings (SSSR count). The molecule has 0 amide bonds. The van der Waals surface area contributed by atoms with E-state index in [1.165, 1.54) is 30.5 Å². The van der Waals surface area contributed by atoms with Crippen molar-refractivity contribution >= 4 is 12.2 Å². The van der Waals surface area contributed by atoms with Gasteiger partial charge in [0.1, 0.15) is 0 Å². The first kappa shape index (κ1) is 18.1. The largest absolute Gasteiger partial charge is 0.466 e. The fourth-order valence-electron chi connectivity index (χ4n) is 1.67. The molecular formula is C16H24N2O2. The summed E-state index contributed by atoms with van der Waals surface area (Å²) in [6.45, 7) is 6.28. The molecule has 0 heterocycles. The Kier molecular flexibility index (Phi) is 9.89. The maximum atomic E-state index is 11.5. The van der Waals surface area contributed by atoms with Crippen molar-refractivity contribution in [2.24, 2.45) is 0 Å². The molecule has 0 atom stereocenters. The lowest BCUT2D eigenvalue weighted by atomic mass is 10.1. The number of methoxy groups -OCH3 is 1. The lowest BCUT2D eigenvalue weighted by Gasteiger charge is -2.03. The lowest BCUT2D eigenvalue weighted by molar-refractivity contribution is -0.136. The number of carbonyl (C=O) groups is 1. The Balaban J connectivity index is 4.38. The van der Waals surface area contributed by atoms with Crippen molar-refractivity contribution in [2.75, 3.05) is 7.11 Å². The Hall–Kier alpha value is -1.93. The summed E-state index contributed by atoms with van der Waals surface area (Å²) in [5.41, 5.74) is 11.5. The average molecular weight is 276 g/mol. The highest BCUT2D eigenvalue weighted by Crippen LogP contribution is 2.12. The third-order valence-electron chi connectivity index (χ3n) is 2.79. The van der Waals surface area contributed by atoms with Gasteiger partial charge in [-0.3, -0.25) is 0 Å². The van der Waals surface area contributed by atoms with Crippen LogP contribution in [0.25, 0.3) is 5.53 Å². The summed E-state index contributed by atoms with van der Waals surface area (Å²) in [5.74, 6) is -0.388. The SMILES string of the molecule is COC(=O)/C(=C\C=[N+]=[N-])CC/C=C(\C)CCC=C(C)C. The lowest BCUT2D eigenvalue weighted by Crippen LogP contribution is -2.05. The summed E-state index contributed by atoms with van der Waals surface area (Å²) < 4.78 is 4.68. The Bertz CT molecular complexity index is 449. The van der Waals surface area contributed by atoms with Crippen LogP contribution >= 0.6 is 0 Å². The Morgan fingerprint density at radius 1 is 1.15 bits per heavy atom. The van der Waals surface area contributed by atoms with E-state index in [0.717, 1.165) is 19.3 Å². The third kappa shape index (κ3) is 9.06. The minimum Gasteiger partial charge on any atom is -0.466 e. The van der Waals surface area contributed by atoms with Gasteiger partial charge in [-0.2, -0.15) is 4.79 Å². The van der Waals surface area contributed by atoms with Gasteiger partial charge in [0.2, 0.25) is 0 Å². The first-order valence-corrected chi connectivity index (χ1v) is 6.75. The first-order valence-electron chi connectivity index (χ1n) is 6.75. The van der Waals surface area contributed by atoms with Crippen LogP contribution in [0.5, 0.6) is 0 Å². The van der Waals surface area contributed by atoms with Gasteiger partial charge in [-0.05, 0) is 46.5 Å². The van der Waals surface area contributed by atoms with Crippen LogP contribution in [0.3, 0.4) is 0 Å². The van der Waals surface area contributed by atoms with E-state index in [0.29, 0.717) is 12.0 Å². The van der Waals surface area contributed by atoms with Gasteiger partial charge in [-0.25, -0.2) is 4.79 Å². The zero-order valence-corrected chi connectivity index (χ0v) is 12.8. The predicted octanol–water partition coefficient (Wildman–Crippen LogP) is 3.86. The van der Waals surface area contributed by atoms with Gasteiger partial charge < -0.3 is 10.3 Å². The molecule has 0 unspecified atom stereocenters. The molecule has 20 heavy (non-hydrogen) atoms. The van der Waals surface area contributed by atoms with Crippen molar-refractivity contribution in [3.05, 3.63) is 40.5 Å². The number of nitrogens with zero attached hydrogens (tertiary/aromatic N) is 2. The van der Waals surface area contributed by atoms with Crippen LogP contribution in [0.1, 0.15) is 46.5 Å². The zero-order valence-electron chi connectivity index (χ0n) is 12.8. The van der Waals surface area contributed by atoms with Crippen molar-refractivity contribution in [3.63, 3.8) is 0 Å². The summed E-state index contributed by atoms with van der Waals surface area (Å²) in [6.07, 6.45) is 10.4. The molecule has 4 nitrogen and oxygen atoms in total. The van der Waals surface area contributed by atoms with Gasteiger partial charge in [0.25, 0.3) is 6.21 Å². The van der Waals surface area contributed by atoms with E-state index in [1.54, 1.807) is 0 Å². The minimum atomic E-state index is -0.388. The summed E-state index contributed by atoms with van der Waals surface area (Å²) in [5, 5.41) is 0. The molecule has 0 fully saturated rings. The van der Waals surface area contributed by atoms with Gasteiger partial charge in [0.15, 0.2) is 0 Å². The number of hydrogen-bond donors (Lipinski definition) is 0. The van der Waals surface area contributed by atoms with E-state index in [9.17, 15) is 4.79 Å². The fourth-order valence-corrected chi connectivity index (χ4v) is 1.67. The minimum absolute atomic E-state index is 0.388. The van der Waals surface area contributed by atoms with Crippen LogP contribution < -0.4 is 0 Å². The maximum absolute atomic E-state index is 11.5. The summed E-state index contributed by atoms with van der Waals surface area (Å²) >= 11 is 0. The maximum Gasteiger partial charge on any atom is 0.333 e. The molecule has 0 aromatic heterocycles. The molecule has 0 saturated heterocycles. The Morgan fingerprint density at radius 3 is 2.35 bits per heavy atom. The standard InChI is InChI=1S/C16H24N2O2/c1-13(2)7-5-8-14(3)9-6-10-15(11-12-18-17)16(19)20-4/h7,9,11-12H,5-6,8,10H2,1-4H3/b14-9+,15-11-. The van der Waals surface area contributed by atoms with Gasteiger partial charge >= 0.3 is 5.97 Å². The number of carbonyl (C=O) groups excluding carboxylic acids is 1. The van der Waals surface area contributed by atoms with Crippen LogP contribution in [0.2, 0.25) is 0 Å². The zero-order chi connectivity index (χ0) is 15.4. The molecule has 0 N–H and O–H groups in total. The molecule has 0 aliphatic rings. The van der Waals surface area contributed by atoms with Gasteiger partial charge in [0.05, 0.1) is 7.11 Å². The highest BCUT2D eigenvalue weighted by molar-refractivity contribution is 5.92. The molecule has 0 aliphatic carbocycles. The average Bonchev–Trinajstić information content (AvgIpc) is 2.41. The summed E-state index contributed by atoms with van der Waals surface area (Å²) in [7, 11) is 1.34. The normalized spacial score (nSPS) is 11.6. The fraction of sp³-hybridized carbons (Fsp3) is 0.500. The number of ether oxygens (including phenoxy) is 1. The smallest absolute Gasteiger partial charge is 0.333 e. The van der Waals surface area contributed by atoms with E-state index in [4.69, 9.17) is 5.53 Å². The van der Waals surface area contributed by atoms with E-state index >= 15 is 0 Å². The van der Waals surface area contributed by atoms with Gasteiger partial charge in [-0.15, -0.1) is 0 Å². The molecule has 0 aromatic carbocycles. The van der Waals surface area contributed by atoms with E-state index in [2.05, 4.69) is 42.4 Å². The Morgan fingerprint density at radius 2 is 1.80 bits per heavy atom. The van der Waals surface area contributed by atoms with E-state index in [1.807, 2.05) is 0 Å². The number of rotatable bonds is 8. The van der Waals surface area contributed by atoms with Crippen LogP contribution in [-0.2, 0) is 9.53 Å². The third-order valence-corrected chi connectivity index (χ3v) is 2.79. The second kappa shape index (κ2) is 10.9. The molecule has 0 aromatic rings. The number of esters is 1. The number of allylic oxidation sites excluding steroid dienone is 5. The second-order valence-electron chi connectivity index (χ2n) is 4.86. The summed E-state index contributed by atoms with van der Waals surface area (Å²) in [4.78, 5) is 14.3. The van der Waals surface area contributed by atoms with Crippen molar-refractivity contribution in [3.8, 4) is 0 Å². The molecule has 0 saturated carbocycles. The monoisotopic (exact) mass is 276 g/mol. The van der Waals surface area contributed by atoms with E-state index in [-0.39, 0.29) is 5.97 Å². The van der Waals surface area contributed by atoms with E-state index < -0.39 is 0 Å².